The topological polar surface area (TPSA) is 62.2 Å². The summed E-state index contributed by atoms with van der Waals surface area (Å²) in [5, 5.41) is 18.1. The standard InChI is InChI=1S/C18H18N2O2S/c1-18(22,15-7-9-23-11-15)12-20-16(21)10-14-5-2-4-13-6-3-8-19-17(13)14/h2-9,11,22H,10,12H2,1H3,(H,20,21). The van der Waals surface area contributed by atoms with Crippen LogP contribution >= 0.6 is 11.3 Å². The Morgan fingerprint density at radius 1 is 1.30 bits per heavy atom. The Kier molecular flexibility index (Phi) is 4.41. The van der Waals surface area contributed by atoms with Crippen molar-refractivity contribution in [1.82, 2.24) is 10.3 Å². The van der Waals surface area contributed by atoms with Crippen molar-refractivity contribution in [2.24, 2.45) is 0 Å². The molecule has 0 spiro atoms. The predicted octanol–water partition coefficient (Wildman–Crippen LogP) is 2.86. The third-order valence-electron chi connectivity index (χ3n) is 3.84. The molecule has 3 aromatic rings. The van der Waals surface area contributed by atoms with E-state index in [1.54, 1.807) is 13.1 Å². The summed E-state index contributed by atoms with van der Waals surface area (Å²) in [6.07, 6.45) is 1.97. The Hall–Kier alpha value is -2.24. The van der Waals surface area contributed by atoms with Gasteiger partial charge < -0.3 is 10.4 Å². The molecule has 1 unspecified atom stereocenters. The highest BCUT2D eigenvalue weighted by Crippen LogP contribution is 2.22. The number of carbonyl (C=O) groups excluding carboxylic acids is 1. The highest BCUT2D eigenvalue weighted by Gasteiger charge is 2.24. The van der Waals surface area contributed by atoms with Gasteiger partial charge in [0.2, 0.25) is 5.91 Å². The molecule has 2 N–H and O–H groups in total. The molecule has 23 heavy (non-hydrogen) atoms. The van der Waals surface area contributed by atoms with Crippen LogP contribution in [0.2, 0.25) is 0 Å². The van der Waals surface area contributed by atoms with Crippen molar-refractivity contribution in [3.63, 3.8) is 0 Å². The van der Waals surface area contributed by atoms with E-state index in [4.69, 9.17) is 0 Å². The number of para-hydroxylation sites is 1. The zero-order valence-corrected chi connectivity index (χ0v) is 13.6. The van der Waals surface area contributed by atoms with Crippen LogP contribution in [0.3, 0.4) is 0 Å². The maximum atomic E-state index is 12.2. The number of pyridine rings is 1. The van der Waals surface area contributed by atoms with Crippen LogP contribution in [-0.4, -0.2) is 22.5 Å². The number of benzene rings is 1. The van der Waals surface area contributed by atoms with E-state index in [0.717, 1.165) is 22.0 Å². The van der Waals surface area contributed by atoms with E-state index in [9.17, 15) is 9.90 Å². The van der Waals surface area contributed by atoms with E-state index < -0.39 is 5.60 Å². The van der Waals surface area contributed by atoms with Gasteiger partial charge in [0.05, 0.1) is 18.5 Å². The SMILES string of the molecule is CC(O)(CNC(=O)Cc1cccc2cccnc12)c1ccsc1. The second-order valence-electron chi connectivity index (χ2n) is 5.73. The average Bonchev–Trinajstić information content (AvgIpc) is 3.09. The Bertz CT molecular complexity index is 808. The molecule has 0 bridgehead atoms. The fraction of sp³-hybridized carbons (Fsp3) is 0.222. The molecule has 4 nitrogen and oxygen atoms in total. The largest absolute Gasteiger partial charge is 0.384 e. The third-order valence-corrected chi connectivity index (χ3v) is 4.52. The lowest BCUT2D eigenvalue weighted by atomic mass is 9.99. The number of hydrogen-bond acceptors (Lipinski definition) is 4. The van der Waals surface area contributed by atoms with Crippen LogP contribution in [0.25, 0.3) is 10.9 Å². The van der Waals surface area contributed by atoms with Crippen molar-refractivity contribution in [3.05, 3.63) is 64.5 Å². The summed E-state index contributed by atoms with van der Waals surface area (Å²) >= 11 is 1.52. The van der Waals surface area contributed by atoms with Crippen LogP contribution in [-0.2, 0) is 16.8 Å². The fourth-order valence-electron chi connectivity index (χ4n) is 2.49. The smallest absolute Gasteiger partial charge is 0.224 e. The molecular weight excluding hydrogens is 308 g/mol. The van der Waals surface area contributed by atoms with E-state index in [0.29, 0.717) is 0 Å². The molecule has 0 aliphatic rings. The number of carbonyl (C=O) groups is 1. The molecule has 1 atom stereocenters. The van der Waals surface area contributed by atoms with Gasteiger partial charge in [-0.05, 0) is 40.9 Å². The van der Waals surface area contributed by atoms with Gasteiger partial charge in [0, 0.05) is 11.6 Å². The first-order valence-corrected chi connectivity index (χ1v) is 8.35. The molecule has 2 aromatic heterocycles. The normalized spacial score (nSPS) is 13.7. The summed E-state index contributed by atoms with van der Waals surface area (Å²) in [7, 11) is 0. The van der Waals surface area contributed by atoms with Gasteiger partial charge >= 0.3 is 0 Å². The monoisotopic (exact) mass is 326 g/mol. The highest BCUT2D eigenvalue weighted by molar-refractivity contribution is 7.08. The Labute approximate surface area is 138 Å². The average molecular weight is 326 g/mol. The summed E-state index contributed by atoms with van der Waals surface area (Å²) in [4.78, 5) is 16.6. The fourth-order valence-corrected chi connectivity index (χ4v) is 3.27. The molecule has 0 radical (unpaired) electrons. The van der Waals surface area contributed by atoms with Gasteiger partial charge in [-0.3, -0.25) is 9.78 Å². The molecule has 1 aromatic carbocycles. The number of nitrogens with one attached hydrogen (secondary N) is 1. The second kappa shape index (κ2) is 6.48. The van der Waals surface area contributed by atoms with Crippen molar-refractivity contribution in [3.8, 4) is 0 Å². The Morgan fingerprint density at radius 2 is 2.13 bits per heavy atom. The van der Waals surface area contributed by atoms with Gasteiger partial charge in [-0.25, -0.2) is 0 Å². The van der Waals surface area contributed by atoms with Crippen molar-refractivity contribution >= 4 is 28.1 Å². The molecular formula is C18H18N2O2S. The minimum Gasteiger partial charge on any atom is -0.384 e. The molecule has 2 heterocycles. The summed E-state index contributed by atoms with van der Waals surface area (Å²) < 4.78 is 0. The molecule has 0 aliphatic heterocycles. The van der Waals surface area contributed by atoms with Gasteiger partial charge in [-0.2, -0.15) is 11.3 Å². The highest BCUT2D eigenvalue weighted by atomic mass is 32.1. The van der Waals surface area contributed by atoms with E-state index in [-0.39, 0.29) is 18.9 Å². The number of hydrogen-bond donors (Lipinski definition) is 2. The van der Waals surface area contributed by atoms with E-state index in [1.165, 1.54) is 11.3 Å². The lowest BCUT2D eigenvalue weighted by molar-refractivity contribution is -0.121. The number of amides is 1. The maximum absolute atomic E-state index is 12.2. The minimum atomic E-state index is -1.06. The second-order valence-corrected chi connectivity index (χ2v) is 6.51. The Morgan fingerprint density at radius 3 is 2.91 bits per heavy atom. The first-order valence-electron chi connectivity index (χ1n) is 7.41. The summed E-state index contributed by atoms with van der Waals surface area (Å²) in [5.41, 5.74) is 1.48. The molecule has 0 aliphatic carbocycles. The van der Waals surface area contributed by atoms with Crippen LogP contribution in [0.5, 0.6) is 0 Å². The van der Waals surface area contributed by atoms with Crippen molar-refractivity contribution in [2.75, 3.05) is 6.54 Å². The third kappa shape index (κ3) is 3.57. The maximum Gasteiger partial charge on any atom is 0.224 e. The number of aliphatic hydroxyl groups is 1. The number of rotatable bonds is 5. The molecule has 5 heteroatoms. The predicted molar refractivity (Wildman–Crippen MR) is 92.3 cm³/mol. The lowest BCUT2D eigenvalue weighted by Gasteiger charge is -2.22. The molecule has 118 valence electrons. The number of fused-ring (bicyclic) bond motifs is 1. The molecule has 0 saturated heterocycles. The molecule has 1 amide bonds. The van der Waals surface area contributed by atoms with Gasteiger partial charge in [0.15, 0.2) is 0 Å². The van der Waals surface area contributed by atoms with Gasteiger partial charge in [-0.1, -0.05) is 24.3 Å². The van der Waals surface area contributed by atoms with Crippen LogP contribution in [0.4, 0.5) is 0 Å². The first-order chi connectivity index (χ1) is 11.1. The van der Waals surface area contributed by atoms with Crippen LogP contribution in [0, 0.1) is 0 Å². The number of thiophene rings is 1. The zero-order chi connectivity index (χ0) is 16.3. The number of nitrogens with zero attached hydrogens (tertiary/aromatic N) is 1. The van der Waals surface area contributed by atoms with Crippen molar-refractivity contribution in [1.29, 1.82) is 0 Å². The van der Waals surface area contributed by atoms with E-state index in [2.05, 4.69) is 10.3 Å². The van der Waals surface area contributed by atoms with Gasteiger partial charge in [-0.15, -0.1) is 0 Å². The van der Waals surface area contributed by atoms with Crippen LogP contribution < -0.4 is 5.32 Å². The van der Waals surface area contributed by atoms with Gasteiger partial charge in [0.1, 0.15) is 5.60 Å². The lowest BCUT2D eigenvalue weighted by Crippen LogP contribution is -2.39. The van der Waals surface area contributed by atoms with Crippen LogP contribution in [0.1, 0.15) is 18.1 Å². The summed E-state index contributed by atoms with van der Waals surface area (Å²) in [6.45, 7) is 1.88. The van der Waals surface area contributed by atoms with E-state index in [1.807, 2.05) is 47.2 Å². The summed E-state index contributed by atoms with van der Waals surface area (Å²) in [6, 6.07) is 11.5. The number of aromatic nitrogens is 1. The van der Waals surface area contributed by atoms with Crippen LogP contribution in [0.15, 0.2) is 53.4 Å². The Balaban J connectivity index is 1.67. The van der Waals surface area contributed by atoms with Crippen molar-refractivity contribution in [2.45, 2.75) is 18.9 Å². The quantitative estimate of drug-likeness (QED) is 0.758. The van der Waals surface area contributed by atoms with E-state index >= 15 is 0 Å². The molecule has 0 saturated carbocycles. The van der Waals surface area contributed by atoms with Gasteiger partial charge in [0.25, 0.3) is 0 Å². The first kappa shape index (κ1) is 15.6. The zero-order valence-electron chi connectivity index (χ0n) is 12.8. The summed E-state index contributed by atoms with van der Waals surface area (Å²) in [5.74, 6) is -0.126. The molecule has 3 rings (SSSR count). The minimum absolute atomic E-state index is 0.126. The van der Waals surface area contributed by atoms with Crippen molar-refractivity contribution < 1.29 is 9.90 Å². The molecule has 0 fully saturated rings.